The van der Waals surface area contributed by atoms with Gasteiger partial charge in [-0.25, -0.2) is 4.39 Å². The maximum absolute atomic E-state index is 13.3. The summed E-state index contributed by atoms with van der Waals surface area (Å²) in [5, 5.41) is 0. The van der Waals surface area contributed by atoms with Crippen molar-refractivity contribution in [2.45, 2.75) is 51.0 Å². The van der Waals surface area contributed by atoms with Gasteiger partial charge in [0.15, 0.2) is 0 Å². The molecule has 0 aromatic heterocycles. The Morgan fingerprint density at radius 1 is 0.912 bits per heavy atom. The van der Waals surface area contributed by atoms with E-state index >= 15 is 0 Å². The first-order valence-electron chi connectivity index (χ1n) is 12.9. The molecule has 0 unspecified atom stereocenters. The lowest BCUT2D eigenvalue weighted by Crippen LogP contribution is -2.50. The van der Waals surface area contributed by atoms with E-state index in [1.54, 1.807) is 12.1 Å². The highest BCUT2D eigenvalue weighted by atomic mass is 19.1. The summed E-state index contributed by atoms with van der Waals surface area (Å²) in [4.78, 5) is 32.2. The number of rotatable bonds is 7. The molecule has 0 aliphatic carbocycles. The Labute approximate surface area is 202 Å². The zero-order valence-corrected chi connectivity index (χ0v) is 20.1. The second-order valence-corrected chi connectivity index (χ2v) is 9.70. The maximum Gasteiger partial charge on any atom is 0.223 e. The SMILES string of the molecule is O=C(C[C@H]1CN(C(=O)CCN2CCCCCC2)CC[C@@H]1Oc1ccc(F)cc1)N1CCOCC1. The van der Waals surface area contributed by atoms with Crippen molar-refractivity contribution >= 4 is 11.8 Å². The number of nitrogens with zero attached hydrogens (tertiary/aromatic N) is 3. The molecule has 0 saturated carbocycles. The maximum atomic E-state index is 13.3. The van der Waals surface area contributed by atoms with Crippen LogP contribution in [0.2, 0.25) is 0 Å². The molecule has 3 heterocycles. The second kappa shape index (κ2) is 12.5. The summed E-state index contributed by atoms with van der Waals surface area (Å²) in [5.41, 5.74) is 0. The van der Waals surface area contributed by atoms with Crippen LogP contribution in [-0.4, -0.2) is 91.6 Å². The first kappa shape index (κ1) is 24.9. The first-order chi connectivity index (χ1) is 16.6. The highest BCUT2D eigenvalue weighted by Gasteiger charge is 2.35. The number of morpholine rings is 1. The number of carbonyl (C=O) groups is 2. The monoisotopic (exact) mass is 475 g/mol. The second-order valence-electron chi connectivity index (χ2n) is 9.70. The number of carbonyl (C=O) groups excluding carboxylic acids is 2. The molecule has 3 fully saturated rings. The molecule has 3 aliphatic heterocycles. The number of likely N-dealkylation sites (tertiary alicyclic amines) is 2. The van der Waals surface area contributed by atoms with Crippen LogP contribution in [0.4, 0.5) is 4.39 Å². The van der Waals surface area contributed by atoms with Crippen LogP contribution in [0.1, 0.15) is 44.9 Å². The molecule has 3 aliphatic rings. The minimum atomic E-state index is -0.309. The summed E-state index contributed by atoms with van der Waals surface area (Å²) in [6.45, 7) is 6.44. The van der Waals surface area contributed by atoms with Gasteiger partial charge in [0.2, 0.25) is 11.8 Å². The molecule has 2 amide bonds. The molecule has 0 spiro atoms. The number of amides is 2. The number of piperidine rings is 1. The van der Waals surface area contributed by atoms with Gasteiger partial charge in [-0.05, 0) is 50.2 Å². The van der Waals surface area contributed by atoms with Crippen LogP contribution < -0.4 is 4.74 Å². The van der Waals surface area contributed by atoms with Crippen LogP contribution in [0.3, 0.4) is 0 Å². The summed E-state index contributed by atoms with van der Waals surface area (Å²) in [6, 6.07) is 6.00. The fourth-order valence-electron chi connectivity index (χ4n) is 5.21. The van der Waals surface area contributed by atoms with E-state index in [0.29, 0.717) is 64.4 Å². The number of hydrogen-bond donors (Lipinski definition) is 0. The number of ether oxygens (including phenoxy) is 2. The van der Waals surface area contributed by atoms with Crippen LogP contribution in [0.15, 0.2) is 24.3 Å². The van der Waals surface area contributed by atoms with E-state index < -0.39 is 0 Å². The van der Waals surface area contributed by atoms with Gasteiger partial charge >= 0.3 is 0 Å². The molecule has 0 radical (unpaired) electrons. The summed E-state index contributed by atoms with van der Waals surface area (Å²) in [7, 11) is 0. The van der Waals surface area contributed by atoms with Crippen molar-refractivity contribution in [2.75, 3.05) is 59.0 Å². The molecule has 0 N–H and O–H groups in total. The average molecular weight is 476 g/mol. The van der Waals surface area contributed by atoms with Gasteiger partial charge in [-0.15, -0.1) is 0 Å². The molecular weight excluding hydrogens is 437 g/mol. The van der Waals surface area contributed by atoms with Crippen molar-refractivity contribution in [3.05, 3.63) is 30.1 Å². The molecule has 1 aromatic carbocycles. The van der Waals surface area contributed by atoms with Crippen molar-refractivity contribution in [1.82, 2.24) is 14.7 Å². The van der Waals surface area contributed by atoms with Crippen molar-refractivity contribution in [3.8, 4) is 5.75 Å². The van der Waals surface area contributed by atoms with Crippen LogP contribution in [0.25, 0.3) is 0 Å². The van der Waals surface area contributed by atoms with Gasteiger partial charge < -0.3 is 24.2 Å². The highest BCUT2D eigenvalue weighted by molar-refractivity contribution is 5.78. The summed E-state index contributed by atoms with van der Waals surface area (Å²) < 4.78 is 24.9. The topological polar surface area (TPSA) is 62.3 Å². The molecule has 0 bridgehead atoms. The summed E-state index contributed by atoms with van der Waals surface area (Å²) in [5.74, 6) is 0.428. The number of benzene rings is 1. The third-order valence-electron chi connectivity index (χ3n) is 7.26. The fraction of sp³-hybridized carbons (Fsp3) is 0.692. The Bertz CT molecular complexity index is 792. The van der Waals surface area contributed by atoms with Crippen LogP contribution >= 0.6 is 0 Å². The molecule has 8 heteroatoms. The Hall–Kier alpha value is -2.19. The third-order valence-corrected chi connectivity index (χ3v) is 7.26. The van der Waals surface area contributed by atoms with E-state index in [4.69, 9.17) is 9.47 Å². The molecule has 3 saturated heterocycles. The molecule has 34 heavy (non-hydrogen) atoms. The predicted octanol–water partition coefficient (Wildman–Crippen LogP) is 2.94. The van der Waals surface area contributed by atoms with E-state index in [2.05, 4.69) is 4.90 Å². The van der Waals surface area contributed by atoms with Crippen molar-refractivity contribution in [1.29, 1.82) is 0 Å². The smallest absolute Gasteiger partial charge is 0.223 e. The van der Waals surface area contributed by atoms with E-state index in [1.165, 1.54) is 37.8 Å². The van der Waals surface area contributed by atoms with E-state index in [0.717, 1.165) is 19.6 Å². The summed E-state index contributed by atoms with van der Waals surface area (Å²) in [6.07, 6.45) is 6.32. The minimum absolute atomic E-state index is 0.0832. The Balaban J connectivity index is 1.36. The Kier molecular flexibility index (Phi) is 9.16. The lowest BCUT2D eigenvalue weighted by molar-refractivity contribution is -0.141. The lowest BCUT2D eigenvalue weighted by atomic mass is 9.90. The van der Waals surface area contributed by atoms with Gasteiger partial charge in [-0.2, -0.15) is 0 Å². The normalized spacial score (nSPS) is 24.5. The molecule has 4 rings (SSSR count). The predicted molar refractivity (Wildman–Crippen MR) is 127 cm³/mol. The van der Waals surface area contributed by atoms with E-state index in [9.17, 15) is 14.0 Å². The first-order valence-corrected chi connectivity index (χ1v) is 12.9. The third kappa shape index (κ3) is 7.15. The quantitative estimate of drug-likeness (QED) is 0.607. The Morgan fingerprint density at radius 3 is 2.32 bits per heavy atom. The van der Waals surface area contributed by atoms with Gasteiger partial charge in [0.1, 0.15) is 17.7 Å². The summed E-state index contributed by atoms with van der Waals surface area (Å²) >= 11 is 0. The van der Waals surface area contributed by atoms with E-state index in [-0.39, 0.29) is 29.7 Å². The van der Waals surface area contributed by atoms with Crippen LogP contribution in [0, 0.1) is 11.7 Å². The molecule has 1 aromatic rings. The largest absolute Gasteiger partial charge is 0.490 e. The van der Waals surface area contributed by atoms with Crippen LogP contribution in [0.5, 0.6) is 5.75 Å². The molecule has 188 valence electrons. The van der Waals surface area contributed by atoms with Gasteiger partial charge in [-0.3, -0.25) is 9.59 Å². The molecule has 7 nitrogen and oxygen atoms in total. The number of halogens is 1. The standard InChI is InChI=1S/C26H38FN3O4/c27-22-5-7-23(8-6-22)34-24-9-14-30(25(31)10-13-28-11-3-1-2-4-12-28)20-21(24)19-26(32)29-15-17-33-18-16-29/h5-8,21,24H,1-4,9-20H2/t21-,24-/m0/s1. The van der Waals surface area contributed by atoms with Crippen molar-refractivity contribution < 1.29 is 23.5 Å². The highest BCUT2D eigenvalue weighted by Crippen LogP contribution is 2.27. The zero-order valence-electron chi connectivity index (χ0n) is 20.1. The average Bonchev–Trinajstić information content (AvgIpc) is 3.14. The molecular formula is C26H38FN3O4. The van der Waals surface area contributed by atoms with Gasteiger partial charge in [0, 0.05) is 57.9 Å². The van der Waals surface area contributed by atoms with Crippen molar-refractivity contribution in [2.24, 2.45) is 5.92 Å². The Morgan fingerprint density at radius 2 is 1.62 bits per heavy atom. The van der Waals surface area contributed by atoms with Gasteiger partial charge in [-0.1, -0.05) is 12.8 Å². The molecule has 2 atom stereocenters. The van der Waals surface area contributed by atoms with Crippen molar-refractivity contribution in [3.63, 3.8) is 0 Å². The zero-order chi connectivity index (χ0) is 23.8. The van der Waals surface area contributed by atoms with Crippen LogP contribution in [-0.2, 0) is 14.3 Å². The van der Waals surface area contributed by atoms with E-state index in [1.807, 2.05) is 9.80 Å². The van der Waals surface area contributed by atoms with Gasteiger partial charge in [0.05, 0.1) is 13.2 Å². The lowest BCUT2D eigenvalue weighted by Gasteiger charge is -2.39. The van der Waals surface area contributed by atoms with Gasteiger partial charge in [0.25, 0.3) is 0 Å². The minimum Gasteiger partial charge on any atom is -0.490 e. The fourth-order valence-corrected chi connectivity index (χ4v) is 5.21. The number of hydrogen-bond acceptors (Lipinski definition) is 5.